The van der Waals surface area contributed by atoms with Crippen LogP contribution in [0.2, 0.25) is 0 Å². The number of carbonyl (C=O) groups is 3. The standard InChI is InChI=1S/C21H22N2O4/c1-14(12-19(22)24)13-27-16-8-6-15(7-9-16)10-11-23-20(25)17-4-2-3-5-18(17)21(23)26/h2-9,14H,10-13H2,1H3,(H2,22,24)/t14-/m0/s1. The maximum absolute atomic E-state index is 12.4. The largest absolute Gasteiger partial charge is 0.493 e. The molecule has 0 fully saturated rings. The predicted octanol–water partition coefficient (Wildman–Crippen LogP) is 2.42. The molecule has 3 rings (SSSR count). The molecular formula is C21H22N2O4. The molecule has 0 saturated carbocycles. The Morgan fingerprint density at radius 1 is 1.04 bits per heavy atom. The number of imide groups is 1. The van der Waals surface area contributed by atoms with Gasteiger partial charge in [0.15, 0.2) is 0 Å². The van der Waals surface area contributed by atoms with Gasteiger partial charge in [0.2, 0.25) is 5.91 Å². The molecule has 1 aliphatic rings. The number of hydrogen-bond donors (Lipinski definition) is 1. The van der Waals surface area contributed by atoms with Crippen LogP contribution in [-0.2, 0) is 11.2 Å². The Bertz CT molecular complexity index is 826. The lowest BCUT2D eigenvalue weighted by molar-refractivity contribution is -0.119. The van der Waals surface area contributed by atoms with Crippen molar-refractivity contribution in [3.05, 3.63) is 65.2 Å². The van der Waals surface area contributed by atoms with E-state index >= 15 is 0 Å². The molecule has 6 nitrogen and oxygen atoms in total. The molecule has 0 unspecified atom stereocenters. The van der Waals surface area contributed by atoms with Crippen molar-refractivity contribution in [1.82, 2.24) is 4.90 Å². The molecule has 0 aliphatic carbocycles. The number of nitrogens with zero attached hydrogens (tertiary/aromatic N) is 1. The van der Waals surface area contributed by atoms with Gasteiger partial charge in [-0.15, -0.1) is 0 Å². The maximum atomic E-state index is 12.4. The van der Waals surface area contributed by atoms with Crippen molar-refractivity contribution >= 4 is 17.7 Å². The van der Waals surface area contributed by atoms with Crippen LogP contribution in [0, 0.1) is 5.92 Å². The highest BCUT2D eigenvalue weighted by molar-refractivity contribution is 6.21. The molecule has 1 atom stereocenters. The Labute approximate surface area is 157 Å². The van der Waals surface area contributed by atoms with E-state index in [1.54, 1.807) is 24.3 Å². The van der Waals surface area contributed by atoms with Gasteiger partial charge in [0.05, 0.1) is 17.7 Å². The van der Waals surface area contributed by atoms with Crippen LogP contribution in [0.4, 0.5) is 0 Å². The summed E-state index contributed by atoms with van der Waals surface area (Å²) >= 11 is 0. The molecule has 2 aromatic carbocycles. The summed E-state index contributed by atoms with van der Waals surface area (Å²) in [4.78, 5) is 36.9. The number of fused-ring (bicyclic) bond motifs is 1. The van der Waals surface area contributed by atoms with E-state index in [1.807, 2.05) is 31.2 Å². The third-order valence-corrected chi connectivity index (χ3v) is 4.51. The molecule has 2 aromatic rings. The molecule has 0 spiro atoms. The number of ether oxygens (including phenoxy) is 1. The number of benzene rings is 2. The minimum Gasteiger partial charge on any atom is -0.493 e. The van der Waals surface area contributed by atoms with E-state index in [-0.39, 0.29) is 23.6 Å². The van der Waals surface area contributed by atoms with Crippen molar-refractivity contribution in [2.75, 3.05) is 13.2 Å². The van der Waals surface area contributed by atoms with Gasteiger partial charge in [-0.3, -0.25) is 19.3 Å². The third kappa shape index (κ3) is 4.34. The first-order valence-electron chi connectivity index (χ1n) is 8.91. The van der Waals surface area contributed by atoms with Crippen LogP contribution in [0.15, 0.2) is 48.5 Å². The van der Waals surface area contributed by atoms with Gasteiger partial charge in [0.1, 0.15) is 5.75 Å². The van der Waals surface area contributed by atoms with Crippen LogP contribution in [0.5, 0.6) is 5.75 Å². The van der Waals surface area contributed by atoms with Crippen LogP contribution < -0.4 is 10.5 Å². The molecule has 27 heavy (non-hydrogen) atoms. The van der Waals surface area contributed by atoms with E-state index in [0.29, 0.717) is 42.9 Å². The maximum Gasteiger partial charge on any atom is 0.261 e. The zero-order valence-corrected chi connectivity index (χ0v) is 15.2. The molecule has 6 heteroatoms. The molecule has 2 N–H and O–H groups in total. The molecule has 1 aliphatic heterocycles. The monoisotopic (exact) mass is 366 g/mol. The minimum atomic E-state index is -0.338. The molecule has 0 radical (unpaired) electrons. The second-order valence-electron chi connectivity index (χ2n) is 6.79. The zero-order valence-electron chi connectivity index (χ0n) is 15.2. The van der Waals surface area contributed by atoms with E-state index in [4.69, 9.17) is 10.5 Å². The quantitative estimate of drug-likeness (QED) is 0.727. The summed E-state index contributed by atoms with van der Waals surface area (Å²) in [5.74, 6) is -0.0561. The van der Waals surface area contributed by atoms with Crippen LogP contribution >= 0.6 is 0 Å². The van der Waals surface area contributed by atoms with Crippen molar-refractivity contribution in [1.29, 1.82) is 0 Å². The van der Waals surface area contributed by atoms with Gasteiger partial charge in [0, 0.05) is 13.0 Å². The Kier molecular flexibility index (Phi) is 5.54. The predicted molar refractivity (Wildman–Crippen MR) is 100 cm³/mol. The fourth-order valence-electron chi connectivity index (χ4n) is 3.08. The summed E-state index contributed by atoms with van der Waals surface area (Å²) in [5, 5.41) is 0. The molecule has 3 amide bonds. The minimum absolute atomic E-state index is 0.0519. The van der Waals surface area contributed by atoms with Crippen molar-refractivity contribution in [2.24, 2.45) is 11.7 Å². The second kappa shape index (κ2) is 8.03. The summed E-state index contributed by atoms with van der Waals surface area (Å²) < 4.78 is 5.65. The lowest BCUT2D eigenvalue weighted by Gasteiger charge is -2.14. The normalized spacial score (nSPS) is 14.2. The van der Waals surface area contributed by atoms with Crippen LogP contribution in [0.1, 0.15) is 39.6 Å². The molecular weight excluding hydrogens is 344 g/mol. The highest BCUT2D eigenvalue weighted by Gasteiger charge is 2.34. The van der Waals surface area contributed by atoms with E-state index in [1.165, 1.54) is 4.90 Å². The Morgan fingerprint density at radius 3 is 2.19 bits per heavy atom. The van der Waals surface area contributed by atoms with Gasteiger partial charge >= 0.3 is 0 Å². The van der Waals surface area contributed by atoms with E-state index in [9.17, 15) is 14.4 Å². The lowest BCUT2D eigenvalue weighted by Crippen LogP contribution is -2.31. The van der Waals surface area contributed by atoms with E-state index < -0.39 is 0 Å². The number of nitrogens with two attached hydrogens (primary N) is 1. The first-order valence-corrected chi connectivity index (χ1v) is 8.91. The fraction of sp³-hybridized carbons (Fsp3) is 0.286. The lowest BCUT2D eigenvalue weighted by atomic mass is 10.1. The van der Waals surface area contributed by atoms with Crippen molar-refractivity contribution in [3.63, 3.8) is 0 Å². The summed E-state index contributed by atoms with van der Waals surface area (Å²) in [5.41, 5.74) is 7.11. The summed E-state index contributed by atoms with van der Waals surface area (Å²) in [6.07, 6.45) is 0.863. The summed E-state index contributed by atoms with van der Waals surface area (Å²) in [7, 11) is 0. The van der Waals surface area contributed by atoms with Crippen molar-refractivity contribution in [2.45, 2.75) is 19.8 Å². The highest BCUT2D eigenvalue weighted by atomic mass is 16.5. The molecule has 0 saturated heterocycles. The zero-order chi connectivity index (χ0) is 19.4. The van der Waals surface area contributed by atoms with Gasteiger partial charge in [-0.25, -0.2) is 0 Å². The Balaban J connectivity index is 1.53. The van der Waals surface area contributed by atoms with Crippen molar-refractivity contribution < 1.29 is 19.1 Å². The van der Waals surface area contributed by atoms with Crippen molar-refractivity contribution in [3.8, 4) is 5.75 Å². The van der Waals surface area contributed by atoms with Crippen LogP contribution in [0.25, 0.3) is 0 Å². The van der Waals surface area contributed by atoms with Crippen LogP contribution in [-0.4, -0.2) is 35.8 Å². The van der Waals surface area contributed by atoms with Gasteiger partial charge in [-0.05, 0) is 42.2 Å². The fourth-order valence-corrected chi connectivity index (χ4v) is 3.08. The highest BCUT2D eigenvalue weighted by Crippen LogP contribution is 2.23. The number of primary amides is 1. The molecule has 0 aromatic heterocycles. The molecule has 1 heterocycles. The molecule has 140 valence electrons. The average Bonchev–Trinajstić information content (AvgIpc) is 2.90. The van der Waals surface area contributed by atoms with Gasteiger partial charge in [-0.1, -0.05) is 31.2 Å². The first-order chi connectivity index (χ1) is 13.0. The van der Waals surface area contributed by atoms with Gasteiger partial charge < -0.3 is 10.5 Å². The Hall–Kier alpha value is -3.15. The second-order valence-corrected chi connectivity index (χ2v) is 6.79. The smallest absolute Gasteiger partial charge is 0.261 e. The van der Waals surface area contributed by atoms with Gasteiger partial charge in [0.25, 0.3) is 11.8 Å². The van der Waals surface area contributed by atoms with Crippen LogP contribution in [0.3, 0.4) is 0 Å². The number of rotatable bonds is 8. The number of amides is 3. The topological polar surface area (TPSA) is 89.7 Å². The first kappa shape index (κ1) is 18.6. The third-order valence-electron chi connectivity index (χ3n) is 4.51. The molecule has 0 bridgehead atoms. The SMILES string of the molecule is C[C@H](COc1ccc(CCN2C(=O)c3ccccc3C2=O)cc1)CC(N)=O. The summed E-state index contributed by atoms with van der Waals surface area (Å²) in [6.45, 7) is 2.65. The van der Waals surface area contributed by atoms with E-state index in [0.717, 1.165) is 5.56 Å². The average molecular weight is 366 g/mol. The van der Waals surface area contributed by atoms with E-state index in [2.05, 4.69) is 0 Å². The summed E-state index contributed by atoms with van der Waals surface area (Å²) in [6, 6.07) is 14.4. The number of carbonyl (C=O) groups excluding carboxylic acids is 3. The Morgan fingerprint density at radius 2 is 1.63 bits per heavy atom. The number of hydrogen-bond acceptors (Lipinski definition) is 4. The van der Waals surface area contributed by atoms with Gasteiger partial charge in [-0.2, -0.15) is 0 Å².